The Labute approximate surface area is 208 Å². The van der Waals surface area contributed by atoms with Gasteiger partial charge in [-0.2, -0.15) is 0 Å². The average molecular weight is 544 g/mol. The number of rotatable bonds is 10. The Morgan fingerprint density at radius 2 is 1.75 bits per heavy atom. The molecule has 0 aliphatic carbocycles. The maximum Gasteiger partial charge on any atom is 0.261 e. The summed E-state index contributed by atoms with van der Waals surface area (Å²) in [6.45, 7) is 7.69. The van der Waals surface area contributed by atoms with Crippen molar-refractivity contribution in [3.05, 3.63) is 62.0 Å². The molecule has 8 heteroatoms. The summed E-state index contributed by atoms with van der Waals surface area (Å²) in [7, 11) is 0. The predicted molar refractivity (Wildman–Crippen MR) is 133 cm³/mol. The number of nitrogens with zero attached hydrogens (tertiary/aromatic N) is 1. The summed E-state index contributed by atoms with van der Waals surface area (Å²) in [4.78, 5) is 27.4. The average Bonchev–Trinajstić information content (AvgIpc) is 2.77. The summed E-state index contributed by atoms with van der Waals surface area (Å²) in [5, 5.41) is 3.76. The molecule has 2 aromatic rings. The molecule has 0 spiro atoms. The first kappa shape index (κ1) is 26.5. The molecule has 0 saturated carbocycles. The molecule has 0 radical (unpaired) electrons. The van der Waals surface area contributed by atoms with Crippen molar-refractivity contribution in [1.82, 2.24) is 10.2 Å². The molecule has 2 unspecified atom stereocenters. The van der Waals surface area contributed by atoms with Gasteiger partial charge in [-0.1, -0.05) is 49.2 Å². The first-order chi connectivity index (χ1) is 15.2. The summed E-state index contributed by atoms with van der Waals surface area (Å²) in [6, 6.07) is 10.2. The van der Waals surface area contributed by atoms with E-state index in [0.29, 0.717) is 15.8 Å². The van der Waals surface area contributed by atoms with Crippen molar-refractivity contribution < 1.29 is 14.3 Å². The third-order valence-electron chi connectivity index (χ3n) is 5.26. The molecule has 0 bridgehead atoms. The highest BCUT2D eigenvalue weighted by molar-refractivity contribution is 9.10. The number of benzene rings is 2. The van der Waals surface area contributed by atoms with Crippen LogP contribution in [0.3, 0.4) is 0 Å². The zero-order chi connectivity index (χ0) is 23.8. The molecule has 0 saturated heterocycles. The zero-order valence-electron chi connectivity index (χ0n) is 18.8. The second-order valence-corrected chi connectivity index (χ2v) is 9.34. The Balaban J connectivity index is 2.20. The summed E-state index contributed by atoms with van der Waals surface area (Å²) in [5.74, 6) is 0.0392. The van der Waals surface area contributed by atoms with Gasteiger partial charge in [0.05, 0.1) is 14.5 Å². The Kier molecular flexibility index (Phi) is 10.3. The highest BCUT2D eigenvalue weighted by atomic mass is 79.9. The molecule has 0 fully saturated rings. The summed E-state index contributed by atoms with van der Waals surface area (Å²) < 4.78 is 6.56. The van der Waals surface area contributed by atoms with Crippen LogP contribution in [0.15, 0.2) is 40.9 Å². The normalized spacial score (nSPS) is 12.7. The Hall–Kier alpha value is -1.76. The number of nitrogens with one attached hydrogen (secondary N) is 1. The number of halogens is 3. The monoisotopic (exact) mass is 542 g/mol. The topological polar surface area (TPSA) is 58.6 Å². The van der Waals surface area contributed by atoms with Crippen LogP contribution >= 0.6 is 39.1 Å². The van der Waals surface area contributed by atoms with Crippen LogP contribution in [0.1, 0.15) is 45.2 Å². The smallest absolute Gasteiger partial charge is 0.261 e. The lowest BCUT2D eigenvalue weighted by Crippen LogP contribution is -2.50. The third kappa shape index (κ3) is 7.39. The number of carbonyl (C=O) groups is 2. The first-order valence-corrected chi connectivity index (χ1v) is 12.2. The highest BCUT2D eigenvalue weighted by Crippen LogP contribution is 2.27. The fourth-order valence-corrected chi connectivity index (χ4v) is 3.85. The molecule has 174 valence electrons. The minimum Gasteiger partial charge on any atom is -0.483 e. The van der Waals surface area contributed by atoms with Gasteiger partial charge in [-0.3, -0.25) is 9.59 Å². The molecule has 2 rings (SSSR count). The van der Waals surface area contributed by atoms with Crippen LogP contribution in [0.25, 0.3) is 0 Å². The second-order valence-electron chi connectivity index (χ2n) is 7.67. The number of hydrogen-bond acceptors (Lipinski definition) is 3. The summed E-state index contributed by atoms with van der Waals surface area (Å²) in [6.07, 6.45) is 1.70. The fourth-order valence-electron chi connectivity index (χ4n) is 2.99. The number of aryl methyl sites for hydroxylation is 1. The highest BCUT2D eigenvalue weighted by Gasteiger charge is 2.27. The van der Waals surface area contributed by atoms with E-state index in [0.717, 1.165) is 28.4 Å². The van der Waals surface area contributed by atoms with E-state index in [2.05, 4.69) is 28.2 Å². The van der Waals surface area contributed by atoms with Crippen LogP contribution < -0.4 is 10.1 Å². The van der Waals surface area contributed by atoms with Gasteiger partial charge in [-0.25, -0.2) is 0 Å². The van der Waals surface area contributed by atoms with Crippen LogP contribution in [0.5, 0.6) is 5.75 Å². The van der Waals surface area contributed by atoms with E-state index in [1.54, 1.807) is 25.1 Å². The number of amides is 2. The lowest BCUT2D eigenvalue weighted by molar-refractivity contribution is -0.142. The molecule has 0 aliphatic rings. The first-order valence-electron chi connectivity index (χ1n) is 10.6. The van der Waals surface area contributed by atoms with E-state index in [4.69, 9.17) is 27.9 Å². The quantitative estimate of drug-likeness (QED) is 0.398. The molecular weight excluding hydrogens is 515 g/mol. The number of hydrogen-bond donors (Lipinski definition) is 1. The lowest BCUT2D eigenvalue weighted by Gasteiger charge is -2.29. The van der Waals surface area contributed by atoms with Gasteiger partial charge in [-0.05, 0) is 78.0 Å². The summed E-state index contributed by atoms with van der Waals surface area (Å²) in [5.41, 5.74) is 1.93. The van der Waals surface area contributed by atoms with E-state index >= 15 is 0 Å². The molecule has 5 nitrogen and oxygen atoms in total. The van der Waals surface area contributed by atoms with E-state index in [1.165, 1.54) is 4.90 Å². The van der Waals surface area contributed by atoms with Gasteiger partial charge >= 0.3 is 0 Å². The van der Waals surface area contributed by atoms with Gasteiger partial charge in [0.2, 0.25) is 5.91 Å². The maximum atomic E-state index is 13.2. The predicted octanol–water partition coefficient (Wildman–Crippen LogP) is 6.03. The van der Waals surface area contributed by atoms with Gasteiger partial charge in [0.15, 0.2) is 6.61 Å². The molecule has 0 heterocycles. The van der Waals surface area contributed by atoms with Crippen molar-refractivity contribution >= 4 is 50.9 Å². The Bertz CT molecular complexity index is 955. The van der Waals surface area contributed by atoms with E-state index in [-0.39, 0.29) is 31.0 Å². The van der Waals surface area contributed by atoms with E-state index in [9.17, 15) is 9.59 Å². The molecule has 0 aromatic heterocycles. The van der Waals surface area contributed by atoms with Gasteiger partial charge in [0.1, 0.15) is 11.8 Å². The van der Waals surface area contributed by atoms with E-state index in [1.807, 2.05) is 32.0 Å². The maximum absolute atomic E-state index is 13.2. The van der Waals surface area contributed by atoms with Crippen LogP contribution in [0.4, 0.5) is 0 Å². The van der Waals surface area contributed by atoms with Crippen molar-refractivity contribution in [2.45, 2.75) is 59.2 Å². The molecule has 32 heavy (non-hydrogen) atoms. The molecular formula is C24H29BrCl2N2O3. The molecule has 2 amide bonds. The largest absolute Gasteiger partial charge is 0.483 e. The van der Waals surface area contributed by atoms with Crippen molar-refractivity contribution in [1.29, 1.82) is 0 Å². The zero-order valence-corrected chi connectivity index (χ0v) is 21.9. The van der Waals surface area contributed by atoms with Gasteiger partial charge in [-0.15, -0.1) is 0 Å². The van der Waals surface area contributed by atoms with Crippen LogP contribution in [-0.2, 0) is 22.6 Å². The van der Waals surface area contributed by atoms with Crippen LogP contribution in [0, 0.1) is 0 Å². The Morgan fingerprint density at radius 1 is 1.06 bits per heavy atom. The van der Waals surface area contributed by atoms with Gasteiger partial charge in [0, 0.05) is 12.6 Å². The van der Waals surface area contributed by atoms with Crippen LogP contribution in [0.2, 0.25) is 10.0 Å². The minimum atomic E-state index is -0.694. The van der Waals surface area contributed by atoms with Crippen molar-refractivity contribution in [3.8, 4) is 5.75 Å². The fraction of sp³-hybridized carbons (Fsp3) is 0.417. The minimum absolute atomic E-state index is 0.0103. The number of ether oxygens (including phenoxy) is 1. The lowest BCUT2D eigenvalue weighted by atomic mass is 10.1. The molecule has 2 atom stereocenters. The third-order valence-corrected chi connectivity index (χ3v) is 6.62. The van der Waals surface area contributed by atoms with Gasteiger partial charge in [0.25, 0.3) is 5.91 Å². The van der Waals surface area contributed by atoms with Crippen LogP contribution in [-0.4, -0.2) is 35.4 Å². The summed E-state index contributed by atoms with van der Waals surface area (Å²) >= 11 is 15.7. The Morgan fingerprint density at radius 3 is 2.34 bits per heavy atom. The SMILES string of the molecule is CCc1ccc(OCC(=O)N(Cc2ccc(Cl)c(Cl)c2)C(C)C(=O)NC(C)CC)c(Br)c1. The number of carbonyl (C=O) groups excluding carboxylic acids is 2. The van der Waals surface area contributed by atoms with Crippen molar-refractivity contribution in [3.63, 3.8) is 0 Å². The van der Waals surface area contributed by atoms with E-state index < -0.39 is 6.04 Å². The molecule has 1 N–H and O–H groups in total. The second kappa shape index (κ2) is 12.5. The van der Waals surface area contributed by atoms with Gasteiger partial charge < -0.3 is 15.0 Å². The molecule has 0 aliphatic heterocycles. The standard InChI is InChI=1S/C24H29BrCl2N2O3/c1-5-15(3)28-24(31)16(4)29(13-18-7-9-20(26)21(27)12-18)23(30)14-32-22-10-8-17(6-2)11-19(22)25/h7-12,15-16H,5-6,13-14H2,1-4H3,(H,28,31). The van der Waals surface area contributed by atoms with Crippen molar-refractivity contribution in [2.75, 3.05) is 6.61 Å². The molecule has 2 aromatic carbocycles. The van der Waals surface area contributed by atoms with Crippen molar-refractivity contribution in [2.24, 2.45) is 0 Å².